The second-order valence-corrected chi connectivity index (χ2v) is 4.75. The molecule has 15 heavy (non-hydrogen) atoms. The smallest absolute Gasteiger partial charge is 0.306 e. The number of ether oxygens (including phenoxy) is 1. The number of rotatable bonds is 1. The molecule has 1 saturated heterocycles. The maximum Gasteiger partial charge on any atom is 0.306 e. The minimum absolute atomic E-state index is 0.0832. The normalized spacial score (nSPS) is 24.7. The summed E-state index contributed by atoms with van der Waals surface area (Å²) in [4.78, 5) is 11.4. The van der Waals surface area contributed by atoms with Crippen LogP contribution in [0.5, 0.6) is 0 Å². The Kier molecular flexibility index (Phi) is 2.51. The summed E-state index contributed by atoms with van der Waals surface area (Å²) >= 11 is 0. The lowest BCUT2D eigenvalue weighted by Gasteiger charge is -2.34. The lowest BCUT2D eigenvalue weighted by molar-refractivity contribution is -0.164. The molecule has 1 unspecified atom stereocenters. The minimum atomic E-state index is -0.324. The Bertz CT molecular complexity index is 354. The predicted octanol–water partition coefficient (Wildman–Crippen LogP) is 2.89. The Hall–Kier alpha value is -1.31. The molecule has 1 fully saturated rings. The van der Waals surface area contributed by atoms with E-state index < -0.39 is 0 Å². The van der Waals surface area contributed by atoms with Crippen LogP contribution in [0.4, 0.5) is 0 Å². The van der Waals surface area contributed by atoms with E-state index in [0.717, 1.165) is 6.42 Å². The molecule has 2 rings (SSSR count). The Labute approximate surface area is 90.3 Å². The second-order valence-electron chi connectivity index (χ2n) is 4.75. The lowest BCUT2D eigenvalue weighted by atomic mass is 9.83. The number of esters is 1. The molecular formula is C13H16O2. The van der Waals surface area contributed by atoms with Crippen LogP contribution in [-0.4, -0.2) is 11.6 Å². The van der Waals surface area contributed by atoms with Gasteiger partial charge in [-0.25, -0.2) is 0 Å². The van der Waals surface area contributed by atoms with Crippen LogP contribution in [0.25, 0.3) is 0 Å². The Morgan fingerprint density at radius 2 is 1.93 bits per heavy atom. The molecule has 0 saturated carbocycles. The maximum absolute atomic E-state index is 11.4. The first-order valence-electron chi connectivity index (χ1n) is 5.34. The highest BCUT2D eigenvalue weighted by Crippen LogP contribution is 2.35. The molecule has 0 bridgehead atoms. The van der Waals surface area contributed by atoms with Gasteiger partial charge in [0, 0.05) is 0 Å². The van der Waals surface area contributed by atoms with Crippen molar-refractivity contribution < 1.29 is 9.53 Å². The fourth-order valence-corrected chi connectivity index (χ4v) is 2.22. The van der Waals surface area contributed by atoms with E-state index in [1.807, 2.05) is 32.0 Å². The summed E-state index contributed by atoms with van der Waals surface area (Å²) in [5.74, 6) is 0.225. The van der Waals surface area contributed by atoms with Crippen molar-refractivity contribution in [3.8, 4) is 0 Å². The maximum atomic E-state index is 11.4. The Morgan fingerprint density at radius 3 is 2.53 bits per heavy atom. The van der Waals surface area contributed by atoms with E-state index in [9.17, 15) is 4.79 Å². The molecule has 0 aromatic heterocycles. The van der Waals surface area contributed by atoms with Crippen molar-refractivity contribution in [1.29, 1.82) is 0 Å². The summed E-state index contributed by atoms with van der Waals surface area (Å²) in [6, 6.07) is 10.2. The molecule has 0 amide bonds. The molecule has 1 aromatic carbocycles. The zero-order valence-corrected chi connectivity index (χ0v) is 9.19. The first-order valence-corrected chi connectivity index (χ1v) is 5.34. The lowest BCUT2D eigenvalue weighted by Crippen LogP contribution is -2.36. The standard InChI is InChI=1S/C13H16O2/c1-13(2)9-11(8-12(14)15-13)10-6-4-3-5-7-10/h3-7,11H,8-9H2,1-2H3. The molecule has 1 atom stereocenters. The van der Waals surface area contributed by atoms with Crippen LogP contribution in [0.15, 0.2) is 30.3 Å². The van der Waals surface area contributed by atoms with E-state index in [-0.39, 0.29) is 11.6 Å². The van der Waals surface area contributed by atoms with Gasteiger partial charge in [0.1, 0.15) is 5.60 Å². The first kappa shape index (κ1) is 10.2. The van der Waals surface area contributed by atoms with E-state index in [2.05, 4.69) is 12.1 Å². The van der Waals surface area contributed by atoms with E-state index in [0.29, 0.717) is 12.3 Å². The van der Waals surface area contributed by atoms with Crippen LogP contribution >= 0.6 is 0 Å². The molecule has 1 aliphatic rings. The van der Waals surface area contributed by atoms with Crippen molar-refractivity contribution in [3.63, 3.8) is 0 Å². The first-order chi connectivity index (χ1) is 7.07. The van der Waals surface area contributed by atoms with Gasteiger partial charge in [-0.05, 0) is 31.7 Å². The molecule has 0 N–H and O–H groups in total. The second kappa shape index (κ2) is 3.69. The van der Waals surface area contributed by atoms with Crippen LogP contribution in [0, 0.1) is 0 Å². The van der Waals surface area contributed by atoms with Crippen LogP contribution in [0.1, 0.15) is 38.2 Å². The van der Waals surface area contributed by atoms with Crippen molar-refractivity contribution in [2.45, 2.75) is 38.2 Å². The van der Waals surface area contributed by atoms with Crippen LogP contribution in [0.3, 0.4) is 0 Å². The molecular weight excluding hydrogens is 188 g/mol. The van der Waals surface area contributed by atoms with Gasteiger partial charge in [0.15, 0.2) is 0 Å². The fourth-order valence-electron chi connectivity index (χ4n) is 2.22. The third kappa shape index (κ3) is 2.38. The average molecular weight is 204 g/mol. The molecule has 0 radical (unpaired) electrons. The summed E-state index contributed by atoms with van der Waals surface area (Å²) in [6.45, 7) is 3.94. The van der Waals surface area contributed by atoms with Crippen molar-refractivity contribution in [1.82, 2.24) is 0 Å². The molecule has 0 aliphatic carbocycles. The minimum Gasteiger partial charge on any atom is -0.460 e. The van der Waals surface area contributed by atoms with E-state index >= 15 is 0 Å². The number of hydrogen-bond donors (Lipinski definition) is 0. The number of hydrogen-bond acceptors (Lipinski definition) is 2. The topological polar surface area (TPSA) is 26.3 Å². The van der Waals surface area contributed by atoms with Gasteiger partial charge in [-0.2, -0.15) is 0 Å². The predicted molar refractivity (Wildman–Crippen MR) is 58.6 cm³/mol. The Morgan fingerprint density at radius 1 is 1.27 bits per heavy atom. The summed E-state index contributed by atoms with van der Waals surface area (Å²) < 4.78 is 5.29. The van der Waals surface area contributed by atoms with Crippen LogP contribution < -0.4 is 0 Å². The van der Waals surface area contributed by atoms with Crippen molar-refractivity contribution in [3.05, 3.63) is 35.9 Å². The van der Waals surface area contributed by atoms with Gasteiger partial charge in [-0.1, -0.05) is 30.3 Å². The molecule has 1 aromatic rings. The van der Waals surface area contributed by atoms with E-state index in [1.54, 1.807) is 0 Å². The van der Waals surface area contributed by atoms with Crippen LogP contribution in [0.2, 0.25) is 0 Å². The van der Waals surface area contributed by atoms with Crippen molar-refractivity contribution in [2.75, 3.05) is 0 Å². The van der Waals surface area contributed by atoms with Gasteiger partial charge in [-0.3, -0.25) is 4.79 Å². The summed E-state index contributed by atoms with van der Waals surface area (Å²) in [6.07, 6.45) is 1.41. The highest BCUT2D eigenvalue weighted by molar-refractivity contribution is 5.72. The monoisotopic (exact) mass is 204 g/mol. The highest BCUT2D eigenvalue weighted by atomic mass is 16.6. The SMILES string of the molecule is CC1(C)CC(c2ccccc2)CC(=O)O1. The molecule has 80 valence electrons. The summed E-state index contributed by atoms with van der Waals surface area (Å²) in [5.41, 5.74) is 0.915. The highest BCUT2D eigenvalue weighted by Gasteiger charge is 2.34. The molecule has 0 spiro atoms. The van der Waals surface area contributed by atoms with Gasteiger partial charge < -0.3 is 4.74 Å². The summed E-state index contributed by atoms with van der Waals surface area (Å²) in [7, 11) is 0. The van der Waals surface area contributed by atoms with Crippen molar-refractivity contribution in [2.24, 2.45) is 0 Å². The Balaban J connectivity index is 2.20. The van der Waals surface area contributed by atoms with Crippen molar-refractivity contribution >= 4 is 5.97 Å². The van der Waals surface area contributed by atoms with Gasteiger partial charge >= 0.3 is 5.97 Å². The zero-order chi connectivity index (χ0) is 10.9. The number of carbonyl (C=O) groups is 1. The van der Waals surface area contributed by atoms with Gasteiger partial charge in [0.25, 0.3) is 0 Å². The van der Waals surface area contributed by atoms with Gasteiger partial charge in [0.05, 0.1) is 6.42 Å². The van der Waals surface area contributed by atoms with Crippen LogP contribution in [-0.2, 0) is 9.53 Å². The number of cyclic esters (lactones) is 1. The molecule has 2 nitrogen and oxygen atoms in total. The fraction of sp³-hybridized carbons (Fsp3) is 0.462. The zero-order valence-electron chi connectivity index (χ0n) is 9.19. The summed E-state index contributed by atoms with van der Waals surface area (Å²) in [5, 5.41) is 0. The third-order valence-corrected chi connectivity index (χ3v) is 2.81. The van der Waals surface area contributed by atoms with E-state index in [1.165, 1.54) is 5.56 Å². The number of carbonyl (C=O) groups excluding carboxylic acids is 1. The molecule has 1 heterocycles. The molecule has 1 aliphatic heterocycles. The van der Waals surface area contributed by atoms with Gasteiger partial charge in [0.2, 0.25) is 0 Å². The average Bonchev–Trinajstić information content (AvgIpc) is 2.16. The third-order valence-electron chi connectivity index (χ3n) is 2.81. The van der Waals surface area contributed by atoms with Gasteiger partial charge in [-0.15, -0.1) is 0 Å². The van der Waals surface area contributed by atoms with E-state index in [4.69, 9.17) is 4.74 Å². The quantitative estimate of drug-likeness (QED) is 0.657. The number of benzene rings is 1. The molecule has 2 heteroatoms. The largest absolute Gasteiger partial charge is 0.460 e.